The summed E-state index contributed by atoms with van der Waals surface area (Å²) in [5.41, 5.74) is 2.72. The molecule has 1 heterocycles. The molecule has 2 aromatic rings. The first-order valence-electron chi connectivity index (χ1n) is 6.94. The number of benzene rings is 1. The number of nitrogens with zero attached hydrogens (tertiary/aromatic N) is 2. The number of hydrogen-bond donors (Lipinski definition) is 0. The molecule has 4 nitrogen and oxygen atoms in total. The monoisotopic (exact) mass is 270 g/mol. The first kappa shape index (κ1) is 12.9. The highest BCUT2D eigenvalue weighted by molar-refractivity contribution is 5.97. The summed E-state index contributed by atoms with van der Waals surface area (Å²) in [5, 5.41) is 0. The van der Waals surface area contributed by atoms with Gasteiger partial charge in [-0.2, -0.15) is 0 Å². The van der Waals surface area contributed by atoms with Gasteiger partial charge in [-0.15, -0.1) is 0 Å². The Balaban J connectivity index is 1.83. The van der Waals surface area contributed by atoms with Crippen LogP contribution in [-0.2, 0) is 6.54 Å². The minimum absolute atomic E-state index is 0.0156. The van der Waals surface area contributed by atoms with Gasteiger partial charge in [-0.05, 0) is 32.3 Å². The van der Waals surface area contributed by atoms with Gasteiger partial charge in [0, 0.05) is 24.0 Å². The molecule has 1 aromatic heterocycles. The molecule has 0 bridgehead atoms. The van der Waals surface area contributed by atoms with Crippen LogP contribution < -0.4 is 5.69 Å². The van der Waals surface area contributed by atoms with Gasteiger partial charge < -0.3 is 0 Å². The lowest BCUT2D eigenvalue weighted by Gasteiger charge is -2.06. The van der Waals surface area contributed by atoms with E-state index in [0.29, 0.717) is 11.6 Å². The fourth-order valence-corrected chi connectivity index (χ4v) is 2.55. The zero-order valence-electron chi connectivity index (χ0n) is 11.8. The topological polar surface area (TPSA) is 44.0 Å². The number of Topliss-reactive ketones (excluding diaryl/α,β-unsaturated/α-hetero) is 1. The molecule has 0 spiro atoms. The van der Waals surface area contributed by atoms with E-state index in [9.17, 15) is 9.59 Å². The molecular weight excluding hydrogens is 252 g/mol. The van der Waals surface area contributed by atoms with Crippen molar-refractivity contribution in [2.45, 2.75) is 39.3 Å². The minimum atomic E-state index is -0.0781. The average molecular weight is 270 g/mol. The number of ketones is 1. The smallest absolute Gasteiger partial charge is 0.296 e. The van der Waals surface area contributed by atoms with Gasteiger partial charge in [-0.1, -0.05) is 23.8 Å². The van der Waals surface area contributed by atoms with Crippen molar-refractivity contribution in [3.05, 3.63) is 57.8 Å². The molecule has 3 rings (SSSR count). The van der Waals surface area contributed by atoms with Gasteiger partial charge in [0.2, 0.25) is 0 Å². The lowest BCUT2D eigenvalue weighted by atomic mass is 10.0. The molecule has 0 N–H and O–H groups in total. The van der Waals surface area contributed by atoms with Crippen LogP contribution in [0.5, 0.6) is 0 Å². The second-order valence-electron chi connectivity index (χ2n) is 5.59. The van der Waals surface area contributed by atoms with Gasteiger partial charge in [0.05, 0.1) is 6.54 Å². The molecule has 0 aliphatic heterocycles. The molecule has 0 atom stereocenters. The van der Waals surface area contributed by atoms with Gasteiger partial charge in [-0.3, -0.25) is 13.9 Å². The van der Waals surface area contributed by atoms with E-state index < -0.39 is 0 Å². The molecular formula is C16H18N2O2. The summed E-state index contributed by atoms with van der Waals surface area (Å²) in [6, 6.07) is 6.11. The molecule has 0 saturated heterocycles. The molecule has 1 aliphatic carbocycles. The maximum atomic E-state index is 12.3. The molecule has 104 valence electrons. The Morgan fingerprint density at radius 2 is 2.00 bits per heavy atom. The first-order chi connectivity index (χ1) is 9.56. The van der Waals surface area contributed by atoms with E-state index in [2.05, 4.69) is 0 Å². The SMILES string of the molecule is Cc1ccc(C(=O)Cn2ccn(C3CC3)c2=O)c(C)c1. The summed E-state index contributed by atoms with van der Waals surface area (Å²) in [6.07, 6.45) is 5.63. The van der Waals surface area contributed by atoms with Crippen LogP contribution in [0.15, 0.2) is 35.4 Å². The van der Waals surface area contributed by atoms with Crippen molar-refractivity contribution in [1.82, 2.24) is 9.13 Å². The summed E-state index contributed by atoms with van der Waals surface area (Å²) >= 11 is 0. The van der Waals surface area contributed by atoms with Crippen molar-refractivity contribution in [3.8, 4) is 0 Å². The van der Waals surface area contributed by atoms with E-state index in [1.165, 1.54) is 4.57 Å². The highest BCUT2D eigenvalue weighted by atomic mass is 16.2. The van der Waals surface area contributed by atoms with Crippen molar-refractivity contribution in [3.63, 3.8) is 0 Å². The fraction of sp³-hybridized carbons (Fsp3) is 0.375. The molecule has 20 heavy (non-hydrogen) atoms. The third-order valence-electron chi connectivity index (χ3n) is 3.81. The van der Waals surface area contributed by atoms with E-state index in [-0.39, 0.29) is 18.0 Å². The van der Waals surface area contributed by atoms with E-state index in [0.717, 1.165) is 24.0 Å². The number of hydrogen-bond acceptors (Lipinski definition) is 2. The molecule has 1 fully saturated rings. The highest BCUT2D eigenvalue weighted by Crippen LogP contribution is 2.33. The largest absolute Gasteiger partial charge is 0.328 e. The Labute approximate surface area is 117 Å². The lowest BCUT2D eigenvalue weighted by Crippen LogP contribution is -2.26. The number of carbonyl (C=O) groups is 1. The maximum absolute atomic E-state index is 12.3. The van der Waals surface area contributed by atoms with E-state index in [1.807, 2.05) is 32.0 Å². The van der Waals surface area contributed by atoms with E-state index >= 15 is 0 Å². The lowest BCUT2D eigenvalue weighted by molar-refractivity contribution is 0.0970. The van der Waals surface area contributed by atoms with Crippen LogP contribution in [0.1, 0.15) is 40.4 Å². The van der Waals surface area contributed by atoms with Crippen LogP contribution in [0.25, 0.3) is 0 Å². The van der Waals surface area contributed by atoms with Gasteiger partial charge in [0.1, 0.15) is 0 Å². The van der Waals surface area contributed by atoms with Gasteiger partial charge in [0.25, 0.3) is 0 Å². The van der Waals surface area contributed by atoms with Crippen LogP contribution in [0.4, 0.5) is 0 Å². The predicted octanol–water partition coefficient (Wildman–Crippen LogP) is 2.48. The van der Waals surface area contributed by atoms with Crippen LogP contribution in [0, 0.1) is 13.8 Å². The van der Waals surface area contributed by atoms with Crippen molar-refractivity contribution in [2.24, 2.45) is 0 Å². The van der Waals surface area contributed by atoms with Crippen LogP contribution >= 0.6 is 0 Å². The summed E-state index contributed by atoms with van der Waals surface area (Å²) in [7, 11) is 0. The zero-order valence-corrected chi connectivity index (χ0v) is 11.8. The van der Waals surface area contributed by atoms with Gasteiger partial charge >= 0.3 is 5.69 Å². The van der Waals surface area contributed by atoms with Crippen molar-refractivity contribution >= 4 is 5.78 Å². The van der Waals surface area contributed by atoms with Gasteiger partial charge in [0.15, 0.2) is 5.78 Å². The second kappa shape index (κ2) is 4.78. The Morgan fingerprint density at radius 3 is 2.65 bits per heavy atom. The van der Waals surface area contributed by atoms with Crippen LogP contribution in [0.3, 0.4) is 0 Å². The van der Waals surface area contributed by atoms with Crippen molar-refractivity contribution < 1.29 is 4.79 Å². The van der Waals surface area contributed by atoms with E-state index in [1.54, 1.807) is 17.0 Å². The molecule has 1 aliphatic rings. The Hall–Kier alpha value is -2.10. The molecule has 0 unspecified atom stereocenters. The number of aryl methyl sites for hydroxylation is 2. The summed E-state index contributed by atoms with van der Waals surface area (Å²) in [4.78, 5) is 24.5. The van der Waals surface area contributed by atoms with Crippen molar-refractivity contribution in [1.29, 1.82) is 0 Å². The predicted molar refractivity (Wildman–Crippen MR) is 77.2 cm³/mol. The molecule has 4 heteroatoms. The highest BCUT2D eigenvalue weighted by Gasteiger charge is 2.25. The normalized spacial score (nSPS) is 14.5. The quantitative estimate of drug-likeness (QED) is 0.801. The number of aromatic nitrogens is 2. The minimum Gasteiger partial charge on any atom is -0.296 e. The third-order valence-corrected chi connectivity index (χ3v) is 3.81. The van der Waals surface area contributed by atoms with Gasteiger partial charge in [-0.25, -0.2) is 4.79 Å². The molecule has 1 aromatic carbocycles. The summed E-state index contributed by atoms with van der Waals surface area (Å²) < 4.78 is 3.23. The Bertz CT molecular complexity index is 720. The van der Waals surface area contributed by atoms with Crippen LogP contribution in [-0.4, -0.2) is 14.9 Å². The maximum Gasteiger partial charge on any atom is 0.328 e. The standard InChI is InChI=1S/C16H18N2O2/c1-11-3-6-14(12(2)9-11)15(19)10-17-7-8-18(16(17)20)13-4-5-13/h3,6-9,13H,4-5,10H2,1-2H3. The fourth-order valence-electron chi connectivity index (χ4n) is 2.55. The van der Waals surface area contributed by atoms with Crippen LogP contribution in [0.2, 0.25) is 0 Å². The Morgan fingerprint density at radius 1 is 1.25 bits per heavy atom. The molecule has 0 amide bonds. The Kier molecular flexibility index (Phi) is 3.08. The van der Waals surface area contributed by atoms with E-state index in [4.69, 9.17) is 0 Å². The third kappa shape index (κ3) is 2.33. The molecule has 1 saturated carbocycles. The summed E-state index contributed by atoms with van der Waals surface area (Å²) in [6.45, 7) is 4.04. The van der Waals surface area contributed by atoms with Crippen molar-refractivity contribution in [2.75, 3.05) is 0 Å². The number of imidazole rings is 1. The molecule has 0 radical (unpaired) electrons. The summed E-state index contributed by atoms with van der Waals surface area (Å²) in [5.74, 6) is -0.0156. The number of carbonyl (C=O) groups excluding carboxylic acids is 1. The zero-order chi connectivity index (χ0) is 14.3. The first-order valence-corrected chi connectivity index (χ1v) is 6.94. The average Bonchev–Trinajstić information content (AvgIpc) is 3.16. The number of rotatable bonds is 4. The second-order valence-corrected chi connectivity index (χ2v) is 5.59.